The Morgan fingerprint density at radius 2 is 2.25 bits per heavy atom. The van der Waals surface area contributed by atoms with Crippen LogP contribution < -0.4 is 14.8 Å². The average molecular weight is 421 g/mol. The number of carbonyl (C=O) groups is 1. The molecular formula is C13H12INO3S2. The molecule has 1 aromatic rings. The van der Waals surface area contributed by atoms with E-state index in [1.54, 1.807) is 13.2 Å². The molecule has 0 aromatic heterocycles. The quantitative estimate of drug-likeness (QED) is 0.460. The second kappa shape index (κ2) is 6.77. The number of rotatable bonds is 4. The van der Waals surface area contributed by atoms with Gasteiger partial charge in [-0.15, -0.1) is 0 Å². The Hall–Kier alpha value is -0.800. The van der Waals surface area contributed by atoms with E-state index in [-0.39, 0.29) is 5.91 Å². The number of halogens is 1. The van der Waals surface area contributed by atoms with E-state index in [1.165, 1.54) is 11.8 Å². The molecule has 1 aliphatic rings. The first kappa shape index (κ1) is 15.6. The van der Waals surface area contributed by atoms with Crippen molar-refractivity contribution in [3.05, 3.63) is 26.2 Å². The lowest BCUT2D eigenvalue weighted by Gasteiger charge is -2.12. The minimum absolute atomic E-state index is 0.163. The Kier molecular flexibility index (Phi) is 5.28. The van der Waals surface area contributed by atoms with Crippen LogP contribution in [0.15, 0.2) is 17.0 Å². The van der Waals surface area contributed by atoms with Crippen LogP contribution >= 0.6 is 46.6 Å². The lowest BCUT2D eigenvalue weighted by molar-refractivity contribution is -0.115. The molecule has 1 saturated heterocycles. The highest BCUT2D eigenvalue weighted by molar-refractivity contribution is 14.1. The van der Waals surface area contributed by atoms with Gasteiger partial charge in [0, 0.05) is 0 Å². The fraction of sp³-hybridized carbons (Fsp3) is 0.231. The standard InChI is InChI=1S/C13H12INO3S2/c1-3-18-9-5-7(4-8(14)11(9)17-2)6-10-12(16)15-13(19)20-10/h4-6H,3H2,1-2H3,(H,15,16,19)/b10-6-. The third-order valence-electron chi connectivity index (χ3n) is 2.48. The topological polar surface area (TPSA) is 47.6 Å². The van der Waals surface area contributed by atoms with Gasteiger partial charge in [0.15, 0.2) is 11.5 Å². The Labute approximate surface area is 140 Å². The van der Waals surface area contributed by atoms with Crippen LogP contribution in [0.1, 0.15) is 12.5 Å². The summed E-state index contributed by atoms with van der Waals surface area (Å²) in [4.78, 5) is 12.2. The van der Waals surface area contributed by atoms with Crippen molar-refractivity contribution >= 4 is 62.9 Å². The Morgan fingerprint density at radius 1 is 1.50 bits per heavy atom. The van der Waals surface area contributed by atoms with Crippen molar-refractivity contribution in [2.75, 3.05) is 13.7 Å². The summed E-state index contributed by atoms with van der Waals surface area (Å²) in [5, 5.41) is 2.59. The number of ether oxygens (including phenoxy) is 2. The maximum Gasteiger partial charge on any atom is 0.263 e. The maximum absolute atomic E-state index is 11.7. The predicted molar refractivity (Wildman–Crippen MR) is 93.2 cm³/mol. The molecule has 0 aliphatic carbocycles. The zero-order valence-electron chi connectivity index (χ0n) is 10.9. The third kappa shape index (κ3) is 3.44. The number of carbonyl (C=O) groups excluding carboxylic acids is 1. The normalized spacial score (nSPS) is 16.4. The van der Waals surface area contributed by atoms with Gasteiger partial charge in [-0.1, -0.05) is 24.0 Å². The van der Waals surface area contributed by atoms with Crippen LogP contribution in [0.2, 0.25) is 0 Å². The van der Waals surface area contributed by atoms with Crippen molar-refractivity contribution < 1.29 is 14.3 Å². The molecule has 1 fully saturated rings. The fourth-order valence-corrected chi connectivity index (χ4v) is 3.59. The summed E-state index contributed by atoms with van der Waals surface area (Å²) >= 11 is 8.41. The smallest absolute Gasteiger partial charge is 0.263 e. The molecule has 1 aliphatic heterocycles. The largest absolute Gasteiger partial charge is 0.492 e. The summed E-state index contributed by atoms with van der Waals surface area (Å²) in [5.41, 5.74) is 0.876. The first-order valence-electron chi connectivity index (χ1n) is 5.80. The number of methoxy groups -OCH3 is 1. The van der Waals surface area contributed by atoms with Crippen LogP contribution in [0, 0.1) is 3.57 Å². The van der Waals surface area contributed by atoms with E-state index in [4.69, 9.17) is 21.7 Å². The van der Waals surface area contributed by atoms with Gasteiger partial charge >= 0.3 is 0 Å². The summed E-state index contributed by atoms with van der Waals surface area (Å²) in [5.74, 6) is 1.21. The van der Waals surface area contributed by atoms with Crippen molar-refractivity contribution in [1.29, 1.82) is 0 Å². The molecule has 106 valence electrons. The van der Waals surface area contributed by atoms with Crippen LogP contribution in [0.25, 0.3) is 6.08 Å². The summed E-state index contributed by atoms with van der Waals surface area (Å²) in [7, 11) is 1.61. The molecule has 0 atom stereocenters. The van der Waals surface area contributed by atoms with Crippen molar-refractivity contribution in [3.63, 3.8) is 0 Å². The Balaban J connectivity index is 2.40. The number of thioether (sulfide) groups is 1. The SMILES string of the molecule is CCOc1cc(/C=C2\SC(=S)NC2=O)cc(I)c1OC. The van der Waals surface area contributed by atoms with Crippen molar-refractivity contribution in [2.24, 2.45) is 0 Å². The molecule has 0 spiro atoms. The van der Waals surface area contributed by atoms with Gasteiger partial charge in [-0.2, -0.15) is 0 Å². The minimum atomic E-state index is -0.163. The van der Waals surface area contributed by atoms with E-state index in [0.717, 1.165) is 9.13 Å². The molecule has 0 unspecified atom stereocenters. The molecule has 0 radical (unpaired) electrons. The first-order chi connectivity index (χ1) is 9.55. The summed E-state index contributed by atoms with van der Waals surface area (Å²) < 4.78 is 12.3. The third-order valence-corrected chi connectivity index (χ3v) is 4.44. The summed E-state index contributed by atoms with van der Waals surface area (Å²) in [6, 6.07) is 3.79. The molecule has 1 heterocycles. The van der Waals surface area contributed by atoms with Crippen molar-refractivity contribution in [3.8, 4) is 11.5 Å². The highest BCUT2D eigenvalue weighted by Crippen LogP contribution is 2.35. The molecular weight excluding hydrogens is 409 g/mol. The highest BCUT2D eigenvalue weighted by Gasteiger charge is 2.22. The van der Waals surface area contributed by atoms with E-state index in [1.807, 2.05) is 19.1 Å². The molecule has 0 bridgehead atoms. The van der Waals surface area contributed by atoms with Crippen molar-refractivity contribution in [1.82, 2.24) is 5.32 Å². The van der Waals surface area contributed by atoms with Crippen LogP contribution in [0.4, 0.5) is 0 Å². The van der Waals surface area contributed by atoms with E-state index in [0.29, 0.717) is 27.3 Å². The van der Waals surface area contributed by atoms with Crippen LogP contribution in [-0.4, -0.2) is 23.9 Å². The van der Waals surface area contributed by atoms with E-state index < -0.39 is 0 Å². The van der Waals surface area contributed by atoms with Gasteiger partial charge in [-0.25, -0.2) is 0 Å². The zero-order chi connectivity index (χ0) is 14.7. The molecule has 0 saturated carbocycles. The molecule has 1 aromatic carbocycles. The number of amides is 1. The number of nitrogens with one attached hydrogen (secondary N) is 1. The van der Waals surface area contributed by atoms with Gasteiger partial charge in [-0.3, -0.25) is 4.79 Å². The molecule has 20 heavy (non-hydrogen) atoms. The lowest BCUT2D eigenvalue weighted by Crippen LogP contribution is -2.17. The van der Waals surface area contributed by atoms with Gasteiger partial charge < -0.3 is 14.8 Å². The summed E-state index contributed by atoms with van der Waals surface area (Å²) in [6.07, 6.45) is 1.80. The van der Waals surface area contributed by atoms with Gasteiger partial charge in [0.05, 0.1) is 22.2 Å². The number of hydrogen-bond donors (Lipinski definition) is 1. The predicted octanol–water partition coefficient (Wildman–Crippen LogP) is 3.19. The summed E-state index contributed by atoms with van der Waals surface area (Å²) in [6.45, 7) is 2.46. The fourth-order valence-electron chi connectivity index (χ4n) is 1.70. The van der Waals surface area contributed by atoms with E-state index in [2.05, 4.69) is 27.9 Å². The monoisotopic (exact) mass is 421 g/mol. The van der Waals surface area contributed by atoms with Gasteiger partial charge in [0.1, 0.15) is 4.32 Å². The van der Waals surface area contributed by atoms with Crippen LogP contribution in [0.3, 0.4) is 0 Å². The van der Waals surface area contributed by atoms with Gasteiger partial charge in [0.25, 0.3) is 5.91 Å². The molecule has 1 N–H and O–H groups in total. The number of benzene rings is 1. The molecule has 2 rings (SSSR count). The Bertz CT molecular complexity index is 602. The first-order valence-corrected chi connectivity index (χ1v) is 8.10. The number of thiocarbonyl (C=S) groups is 1. The lowest BCUT2D eigenvalue weighted by atomic mass is 10.2. The second-order valence-electron chi connectivity index (χ2n) is 3.82. The van der Waals surface area contributed by atoms with Crippen molar-refractivity contribution in [2.45, 2.75) is 6.92 Å². The van der Waals surface area contributed by atoms with Crippen LogP contribution in [-0.2, 0) is 4.79 Å². The van der Waals surface area contributed by atoms with Gasteiger partial charge in [-0.05, 0) is 53.3 Å². The minimum Gasteiger partial charge on any atom is -0.492 e. The van der Waals surface area contributed by atoms with E-state index >= 15 is 0 Å². The average Bonchev–Trinajstić information content (AvgIpc) is 2.68. The second-order valence-corrected chi connectivity index (χ2v) is 6.70. The van der Waals surface area contributed by atoms with Gasteiger partial charge in [0.2, 0.25) is 0 Å². The van der Waals surface area contributed by atoms with Crippen LogP contribution in [0.5, 0.6) is 11.5 Å². The Morgan fingerprint density at radius 3 is 2.80 bits per heavy atom. The van der Waals surface area contributed by atoms with E-state index in [9.17, 15) is 4.79 Å². The molecule has 1 amide bonds. The maximum atomic E-state index is 11.7. The molecule has 4 nitrogen and oxygen atoms in total. The zero-order valence-corrected chi connectivity index (χ0v) is 14.6. The molecule has 7 heteroatoms. The highest BCUT2D eigenvalue weighted by atomic mass is 127. The number of hydrogen-bond acceptors (Lipinski definition) is 5.